The van der Waals surface area contributed by atoms with Gasteiger partial charge in [0.2, 0.25) is 5.91 Å². The van der Waals surface area contributed by atoms with Crippen molar-refractivity contribution in [1.29, 1.82) is 0 Å². The highest BCUT2D eigenvalue weighted by molar-refractivity contribution is 5.82. The number of carbonyl (C=O) groups excluding carboxylic acids is 1. The Balaban J connectivity index is 1.60. The first-order chi connectivity index (χ1) is 12.5. The summed E-state index contributed by atoms with van der Waals surface area (Å²) in [7, 11) is 0. The van der Waals surface area contributed by atoms with E-state index in [0.29, 0.717) is 32.4 Å². The molecule has 3 rings (SSSR count). The van der Waals surface area contributed by atoms with Crippen molar-refractivity contribution in [3.05, 3.63) is 71.3 Å². The monoisotopic (exact) mass is 351 g/mol. The van der Waals surface area contributed by atoms with Crippen molar-refractivity contribution < 1.29 is 14.7 Å². The molecule has 1 aliphatic heterocycles. The molecule has 0 unspecified atom stereocenters. The van der Waals surface area contributed by atoms with Crippen molar-refractivity contribution in [3.63, 3.8) is 0 Å². The maximum Gasteiger partial charge on any atom is 0.314 e. The molecule has 0 aromatic heterocycles. The van der Waals surface area contributed by atoms with Crippen molar-refractivity contribution in [3.8, 4) is 0 Å². The first kappa shape index (κ1) is 18.2. The molecule has 26 heavy (non-hydrogen) atoms. The number of rotatable bonds is 5. The first-order valence-electron chi connectivity index (χ1n) is 9.13. The summed E-state index contributed by atoms with van der Waals surface area (Å²) in [4.78, 5) is 26.3. The van der Waals surface area contributed by atoms with Gasteiger partial charge < -0.3 is 10.0 Å². The van der Waals surface area contributed by atoms with Crippen LogP contribution in [0.25, 0.3) is 0 Å². The third-order valence-electron chi connectivity index (χ3n) is 5.45. The summed E-state index contributed by atoms with van der Waals surface area (Å²) in [6.45, 7) is 3.03. The predicted octanol–water partition coefficient (Wildman–Crippen LogP) is 3.57. The minimum Gasteiger partial charge on any atom is -0.481 e. The number of hydrogen-bond donors (Lipinski definition) is 1. The van der Waals surface area contributed by atoms with E-state index in [4.69, 9.17) is 0 Å². The standard InChI is InChI=1S/C22H25NO3/c1-17-7-9-18(10-8-17)11-12-20(24)23-15-13-22(14-16-23,21(25)26)19-5-3-2-4-6-19/h2-10H,11-16H2,1H3,(H,25,26). The minimum absolute atomic E-state index is 0.109. The number of likely N-dealkylation sites (tertiary alicyclic amines) is 1. The summed E-state index contributed by atoms with van der Waals surface area (Å²) in [5, 5.41) is 9.84. The normalized spacial score (nSPS) is 16.3. The Morgan fingerprint density at radius 2 is 1.62 bits per heavy atom. The van der Waals surface area contributed by atoms with E-state index in [0.717, 1.165) is 17.5 Å². The lowest BCUT2D eigenvalue weighted by molar-refractivity contribution is -0.148. The van der Waals surface area contributed by atoms with Gasteiger partial charge in [0.05, 0.1) is 5.41 Å². The molecule has 4 nitrogen and oxygen atoms in total. The molecular weight excluding hydrogens is 326 g/mol. The fraction of sp³-hybridized carbons (Fsp3) is 0.364. The Labute approximate surface area is 154 Å². The van der Waals surface area contributed by atoms with Gasteiger partial charge in [0, 0.05) is 19.5 Å². The maximum absolute atomic E-state index is 12.5. The summed E-state index contributed by atoms with van der Waals surface area (Å²) in [5.41, 5.74) is 2.32. The SMILES string of the molecule is Cc1ccc(CCC(=O)N2CCC(C(=O)O)(c3ccccc3)CC2)cc1. The number of carboxylic acid groups (broad SMARTS) is 1. The van der Waals surface area contributed by atoms with Gasteiger partial charge in [-0.3, -0.25) is 9.59 Å². The van der Waals surface area contributed by atoms with Gasteiger partial charge in [-0.05, 0) is 37.3 Å². The van der Waals surface area contributed by atoms with Crippen LogP contribution in [0.1, 0.15) is 36.0 Å². The van der Waals surface area contributed by atoms with Crippen molar-refractivity contribution in [2.75, 3.05) is 13.1 Å². The Kier molecular flexibility index (Phi) is 5.40. The summed E-state index contributed by atoms with van der Waals surface area (Å²) in [6.07, 6.45) is 2.11. The van der Waals surface area contributed by atoms with Crippen molar-refractivity contribution in [2.24, 2.45) is 0 Å². The van der Waals surface area contributed by atoms with E-state index in [-0.39, 0.29) is 5.91 Å². The molecule has 1 aliphatic rings. The zero-order valence-electron chi connectivity index (χ0n) is 15.1. The van der Waals surface area contributed by atoms with Gasteiger partial charge in [-0.25, -0.2) is 0 Å². The van der Waals surface area contributed by atoms with Crippen LogP contribution in [0.4, 0.5) is 0 Å². The number of nitrogens with zero attached hydrogens (tertiary/aromatic N) is 1. The van der Waals surface area contributed by atoms with Gasteiger partial charge in [-0.15, -0.1) is 0 Å². The lowest BCUT2D eigenvalue weighted by Crippen LogP contribution is -2.49. The van der Waals surface area contributed by atoms with Crippen LogP contribution in [-0.2, 0) is 21.4 Å². The third kappa shape index (κ3) is 3.79. The highest BCUT2D eigenvalue weighted by Crippen LogP contribution is 2.36. The Bertz CT molecular complexity index is 760. The number of benzene rings is 2. The highest BCUT2D eigenvalue weighted by atomic mass is 16.4. The molecule has 136 valence electrons. The van der Waals surface area contributed by atoms with Crippen LogP contribution in [0, 0.1) is 6.92 Å². The molecule has 0 radical (unpaired) electrons. The molecule has 2 aromatic carbocycles. The van der Waals surface area contributed by atoms with Gasteiger partial charge in [0.15, 0.2) is 0 Å². The van der Waals surface area contributed by atoms with E-state index in [9.17, 15) is 14.7 Å². The average molecular weight is 351 g/mol. The van der Waals surface area contributed by atoms with Crippen LogP contribution < -0.4 is 0 Å². The minimum atomic E-state index is -0.880. The molecule has 0 atom stereocenters. The molecule has 2 aromatic rings. The predicted molar refractivity (Wildman–Crippen MR) is 101 cm³/mol. The second kappa shape index (κ2) is 7.73. The van der Waals surface area contributed by atoms with Gasteiger partial charge in [-0.1, -0.05) is 60.2 Å². The number of aryl methyl sites for hydroxylation is 2. The van der Waals surface area contributed by atoms with Gasteiger partial charge in [-0.2, -0.15) is 0 Å². The fourth-order valence-corrected chi connectivity index (χ4v) is 3.69. The molecule has 4 heteroatoms. The zero-order valence-corrected chi connectivity index (χ0v) is 15.1. The van der Waals surface area contributed by atoms with E-state index in [1.54, 1.807) is 0 Å². The molecule has 1 fully saturated rings. The number of piperidine rings is 1. The Morgan fingerprint density at radius 3 is 2.19 bits per heavy atom. The summed E-state index contributed by atoms with van der Waals surface area (Å²) >= 11 is 0. The van der Waals surface area contributed by atoms with Gasteiger partial charge in [0.25, 0.3) is 0 Å². The van der Waals surface area contributed by atoms with Crippen molar-refractivity contribution >= 4 is 11.9 Å². The lowest BCUT2D eigenvalue weighted by Gasteiger charge is -2.39. The number of hydrogen-bond acceptors (Lipinski definition) is 2. The second-order valence-electron chi connectivity index (χ2n) is 7.12. The van der Waals surface area contributed by atoms with Crippen LogP contribution in [0.15, 0.2) is 54.6 Å². The summed E-state index contributed by atoms with van der Waals surface area (Å²) in [6, 6.07) is 17.6. The second-order valence-corrected chi connectivity index (χ2v) is 7.12. The number of amides is 1. The largest absolute Gasteiger partial charge is 0.481 e. The summed E-state index contributed by atoms with van der Waals surface area (Å²) in [5.74, 6) is -0.687. The number of carbonyl (C=O) groups is 2. The van der Waals surface area contributed by atoms with Crippen molar-refractivity contribution in [2.45, 2.75) is 38.0 Å². The molecule has 0 spiro atoms. The zero-order chi connectivity index (χ0) is 18.6. The van der Waals surface area contributed by atoms with Gasteiger partial charge >= 0.3 is 5.97 Å². The Morgan fingerprint density at radius 1 is 1.00 bits per heavy atom. The van der Waals surface area contributed by atoms with E-state index < -0.39 is 11.4 Å². The Hall–Kier alpha value is -2.62. The molecular formula is C22H25NO3. The lowest BCUT2D eigenvalue weighted by atomic mass is 9.73. The number of carboxylic acids is 1. The van der Waals surface area contributed by atoms with E-state index in [1.807, 2.05) is 42.2 Å². The molecule has 0 saturated carbocycles. The van der Waals surface area contributed by atoms with Crippen molar-refractivity contribution in [1.82, 2.24) is 4.90 Å². The van der Waals surface area contributed by atoms with E-state index >= 15 is 0 Å². The summed E-state index contributed by atoms with van der Waals surface area (Å²) < 4.78 is 0. The average Bonchev–Trinajstić information content (AvgIpc) is 2.68. The van der Waals surface area contributed by atoms with E-state index in [2.05, 4.69) is 24.3 Å². The van der Waals surface area contributed by atoms with Crippen LogP contribution in [0.3, 0.4) is 0 Å². The molecule has 1 saturated heterocycles. The van der Waals surface area contributed by atoms with Crippen LogP contribution in [0.5, 0.6) is 0 Å². The number of aliphatic carboxylic acids is 1. The maximum atomic E-state index is 12.5. The van der Waals surface area contributed by atoms with Crippen LogP contribution in [-0.4, -0.2) is 35.0 Å². The molecule has 0 aliphatic carbocycles. The molecule has 1 heterocycles. The first-order valence-corrected chi connectivity index (χ1v) is 9.13. The van der Waals surface area contributed by atoms with Crippen LogP contribution >= 0.6 is 0 Å². The van der Waals surface area contributed by atoms with Gasteiger partial charge in [0.1, 0.15) is 0 Å². The third-order valence-corrected chi connectivity index (χ3v) is 5.45. The molecule has 1 N–H and O–H groups in total. The molecule has 1 amide bonds. The smallest absolute Gasteiger partial charge is 0.314 e. The fourth-order valence-electron chi connectivity index (χ4n) is 3.69. The topological polar surface area (TPSA) is 57.6 Å². The highest BCUT2D eigenvalue weighted by Gasteiger charge is 2.43. The van der Waals surface area contributed by atoms with Crippen LogP contribution in [0.2, 0.25) is 0 Å². The quantitative estimate of drug-likeness (QED) is 0.896. The molecule has 0 bridgehead atoms. The van der Waals surface area contributed by atoms with E-state index in [1.165, 1.54) is 5.56 Å².